The number of likely N-dealkylation sites (N-methyl/N-ethyl adjacent to an activating group) is 1. The average Bonchev–Trinajstić information content (AvgIpc) is 2.86. The van der Waals surface area contributed by atoms with Crippen molar-refractivity contribution in [3.63, 3.8) is 0 Å². The van der Waals surface area contributed by atoms with Crippen LogP contribution in [0.25, 0.3) is 0 Å². The second-order valence-corrected chi connectivity index (χ2v) is 10.4. The van der Waals surface area contributed by atoms with Crippen molar-refractivity contribution in [1.82, 2.24) is 15.5 Å². The lowest BCUT2D eigenvalue weighted by atomic mass is 9.77. The quantitative estimate of drug-likeness (QED) is 0.209. The van der Waals surface area contributed by atoms with Crippen molar-refractivity contribution < 1.29 is 23.8 Å². The van der Waals surface area contributed by atoms with Crippen LogP contribution in [0.4, 0.5) is 9.18 Å². The zero-order valence-corrected chi connectivity index (χ0v) is 23.2. The molecule has 0 aliphatic carbocycles. The van der Waals surface area contributed by atoms with E-state index in [-0.39, 0.29) is 29.7 Å². The van der Waals surface area contributed by atoms with E-state index in [2.05, 4.69) is 31.1 Å². The maximum absolute atomic E-state index is 14.5. The Hall–Kier alpha value is -2.16. The van der Waals surface area contributed by atoms with E-state index in [0.29, 0.717) is 50.8 Å². The van der Waals surface area contributed by atoms with Gasteiger partial charge in [-0.05, 0) is 88.4 Å². The summed E-state index contributed by atoms with van der Waals surface area (Å²) in [5, 5.41) is 16.5. The monoisotopic (exact) mass is 521 g/mol. The molecule has 2 unspecified atom stereocenters. The molecule has 0 radical (unpaired) electrons. The predicted molar refractivity (Wildman–Crippen MR) is 146 cm³/mol. The number of carbonyl (C=O) groups excluding carboxylic acids is 1. The number of ether oxygens (including phenoxy) is 2. The molecule has 1 fully saturated rings. The van der Waals surface area contributed by atoms with Gasteiger partial charge in [0, 0.05) is 37.8 Å². The number of urea groups is 1. The lowest BCUT2D eigenvalue weighted by Gasteiger charge is -2.38. The van der Waals surface area contributed by atoms with Gasteiger partial charge < -0.3 is 30.1 Å². The number of rotatable bonds is 16. The van der Waals surface area contributed by atoms with Gasteiger partial charge in [-0.15, -0.1) is 0 Å². The van der Waals surface area contributed by atoms with Gasteiger partial charge in [-0.3, -0.25) is 0 Å². The highest BCUT2D eigenvalue weighted by molar-refractivity contribution is 5.74. The molecule has 4 atom stereocenters. The topological polar surface area (TPSA) is 83.1 Å². The molecule has 1 saturated heterocycles. The van der Waals surface area contributed by atoms with Crippen LogP contribution in [0, 0.1) is 17.7 Å². The number of nitrogens with zero attached hydrogens (tertiary/aromatic N) is 1. The molecule has 1 aliphatic rings. The second-order valence-electron chi connectivity index (χ2n) is 10.4. The van der Waals surface area contributed by atoms with Gasteiger partial charge in [-0.2, -0.15) is 0 Å². The van der Waals surface area contributed by atoms with Gasteiger partial charge in [0.15, 0.2) is 6.29 Å². The Morgan fingerprint density at radius 3 is 2.81 bits per heavy atom. The van der Waals surface area contributed by atoms with Crippen molar-refractivity contribution >= 4 is 6.03 Å². The average molecular weight is 522 g/mol. The Labute approximate surface area is 222 Å². The third-order valence-electron chi connectivity index (χ3n) is 6.90. The van der Waals surface area contributed by atoms with Crippen molar-refractivity contribution in [2.45, 2.75) is 77.5 Å². The maximum Gasteiger partial charge on any atom is 0.317 e. The van der Waals surface area contributed by atoms with Gasteiger partial charge in [-0.25, -0.2) is 9.18 Å². The van der Waals surface area contributed by atoms with E-state index in [4.69, 9.17) is 9.47 Å². The number of likely N-dealkylation sites (tertiary alicyclic amines) is 1. The molecule has 37 heavy (non-hydrogen) atoms. The first-order valence-corrected chi connectivity index (χ1v) is 13.8. The van der Waals surface area contributed by atoms with Gasteiger partial charge in [0.05, 0.1) is 0 Å². The van der Waals surface area contributed by atoms with Crippen molar-refractivity contribution in [3.05, 3.63) is 42.2 Å². The number of piperidine rings is 1. The van der Waals surface area contributed by atoms with E-state index in [9.17, 15) is 14.3 Å². The zero-order valence-electron chi connectivity index (χ0n) is 23.2. The van der Waals surface area contributed by atoms with Crippen LogP contribution in [0.15, 0.2) is 30.9 Å². The summed E-state index contributed by atoms with van der Waals surface area (Å²) in [5.41, 5.74) is 0.813. The Balaban J connectivity index is 2.23. The molecular formula is C29H48FN3O4. The minimum absolute atomic E-state index is 0.0243. The molecule has 2 rings (SSSR count). The molecule has 0 saturated carbocycles. The molecule has 1 aliphatic heterocycles. The Bertz CT molecular complexity index is 822. The summed E-state index contributed by atoms with van der Waals surface area (Å²) < 4.78 is 25.7. The first kappa shape index (κ1) is 31.1. The van der Waals surface area contributed by atoms with Gasteiger partial charge in [0.2, 0.25) is 0 Å². The first-order chi connectivity index (χ1) is 17.8. The molecule has 0 bridgehead atoms. The number of nitrogens with one attached hydrogen (secondary N) is 2. The number of amides is 2. The minimum atomic E-state index is -0.812. The van der Waals surface area contributed by atoms with Gasteiger partial charge in [-0.1, -0.05) is 26.5 Å². The summed E-state index contributed by atoms with van der Waals surface area (Å²) in [5.74, 6) is 0.929. The summed E-state index contributed by atoms with van der Waals surface area (Å²) in [6, 6.07) is 4.67. The summed E-state index contributed by atoms with van der Waals surface area (Å²) in [6.07, 6.45) is 5.53. The number of hydrogen-bond acceptors (Lipinski definition) is 5. The SMILES string of the molecule is C=CCOc1ccc(F)cc1C(CCCC(O)OCC)[C@H]1CCCN(C(=O)N[C@H](CNC)CC(C)C)C1. The van der Waals surface area contributed by atoms with Crippen molar-refractivity contribution in [2.24, 2.45) is 11.8 Å². The van der Waals surface area contributed by atoms with Crippen LogP contribution in [0.3, 0.4) is 0 Å². The Kier molecular flexibility index (Phi) is 14.0. The smallest absolute Gasteiger partial charge is 0.317 e. The van der Waals surface area contributed by atoms with Crippen LogP contribution in [0.2, 0.25) is 0 Å². The maximum atomic E-state index is 14.5. The number of aliphatic hydroxyl groups is 1. The van der Waals surface area contributed by atoms with Crippen LogP contribution in [0.1, 0.15) is 70.8 Å². The normalized spacial score (nSPS) is 18.4. The van der Waals surface area contributed by atoms with E-state index in [0.717, 1.165) is 37.8 Å². The molecule has 210 valence electrons. The number of benzene rings is 1. The molecule has 3 N–H and O–H groups in total. The van der Waals surface area contributed by atoms with Gasteiger partial charge >= 0.3 is 6.03 Å². The number of carbonyl (C=O) groups is 1. The fourth-order valence-electron chi connectivity index (χ4n) is 5.32. The Morgan fingerprint density at radius 1 is 1.35 bits per heavy atom. The van der Waals surface area contributed by atoms with Crippen LogP contribution in [0.5, 0.6) is 5.75 Å². The minimum Gasteiger partial charge on any atom is -0.489 e. The fraction of sp³-hybridized carbons (Fsp3) is 0.690. The van der Waals surface area contributed by atoms with Crippen LogP contribution >= 0.6 is 0 Å². The highest BCUT2D eigenvalue weighted by atomic mass is 19.1. The standard InChI is InChI=1S/C29H48FN3O4/c1-6-16-37-27-14-13-23(30)18-26(27)25(11-8-12-28(34)36-7-2)22-10-9-15-33(20-22)29(35)32-24(19-31-5)17-21(3)4/h6,13-14,18,21-22,24-25,28,31,34H,1,7-12,15-17,19-20H2,2-5H3,(H,32,35)/t22-,24-,25?,28?/m0/s1. The third-order valence-corrected chi connectivity index (χ3v) is 6.90. The predicted octanol–water partition coefficient (Wildman–Crippen LogP) is 5.06. The van der Waals surface area contributed by atoms with E-state index in [1.54, 1.807) is 18.2 Å². The molecule has 0 aromatic heterocycles. The highest BCUT2D eigenvalue weighted by Gasteiger charge is 2.33. The lowest BCUT2D eigenvalue weighted by Crippen LogP contribution is -2.51. The molecule has 0 spiro atoms. The van der Waals surface area contributed by atoms with Gasteiger partial charge in [0.25, 0.3) is 0 Å². The zero-order chi connectivity index (χ0) is 27.2. The largest absolute Gasteiger partial charge is 0.489 e. The summed E-state index contributed by atoms with van der Waals surface area (Å²) in [6.45, 7) is 12.7. The number of hydrogen-bond donors (Lipinski definition) is 3. The van der Waals surface area contributed by atoms with Crippen molar-refractivity contribution in [1.29, 1.82) is 0 Å². The van der Waals surface area contributed by atoms with E-state index in [1.165, 1.54) is 6.07 Å². The third kappa shape index (κ3) is 10.6. The number of halogens is 1. The highest BCUT2D eigenvalue weighted by Crippen LogP contribution is 2.40. The molecular weight excluding hydrogens is 473 g/mol. The molecule has 8 heteroatoms. The second kappa shape index (κ2) is 16.6. The van der Waals surface area contributed by atoms with Crippen molar-refractivity contribution in [2.75, 3.05) is 39.9 Å². The summed E-state index contributed by atoms with van der Waals surface area (Å²) in [7, 11) is 1.90. The van der Waals surface area contributed by atoms with Crippen molar-refractivity contribution in [3.8, 4) is 5.75 Å². The molecule has 1 aromatic rings. The first-order valence-electron chi connectivity index (χ1n) is 13.8. The molecule has 2 amide bonds. The van der Waals surface area contributed by atoms with E-state index in [1.807, 2.05) is 18.9 Å². The van der Waals surface area contributed by atoms with E-state index < -0.39 is 6.29 Å². The fourth-order valence-corrected chi connectivity index (χ4v) is 5.32. The molecule has 1 heterocycles. The Morgan fingerprint density at radius 2 is 2.14 bits per heavy atom. The van der Waals surface area contributed by atoms with E-state index >= 15 is 0 Å². The van der Waals surface area contributed by atoms with Gasteiger partial charge in [0.1, 0.15) is 18.2 Å². The van der Waals surface area contributed by atoms with Crippen LogP contribution in [-0.4, -0.2) is 68.3 Å². The van der Waals surface area contributed by atoms with Crippen LogP contribution in [-0.2, 0) is 4.74 Å². The molecule has 1 aromatic carbocycles. The molecule has 7 nitrogen and oxygen atoms in total. The summed E-state index contributed by atoms with van der Waals surface area (Å²) in [4.78, 5) is 15.2. The summed E-state index contributed by atoms with van der Waals surface area (Å²) >= 11 is 0. The van der Waals surface area contributed by atoms with Crippen LogP contribution < -0.4 is 15.4 Å². The number of aliphatic hydroxyl groups excluding tert-OH is 1. The lowest BCUT2D eigenvalue weighted by molar-refractivity contribution is -0.0997.